The Labute approximate surface area is 117 Å². The molecule has 0 bridgehead atoms. The topological polar surface area (TPSA) is 78.2 Å². The number of amides is 1. The summed E-state index contributed by atoms with van der Waals surface area (Å²) < 4.78 is 5.54. The molecule has 1 aromatic heterocycles. The molecule has 0 radical (unpaired) electrons. The van der Waals surface area contributed by atoms with Gasteiger partial charge in [0.05, 0.1) is 13.2 Å². The van der Waals surface area contributed by atoms with E-state index in [1.165, 1.54) is 0 Å². The molecular formula is C14H16N4O2. The standard InChI is InChI=1S/C14H16N4O2/c15-8-11-7-12(3-4-16-11)18-5-6-20-13(9-18)14(19)17-10-1-2-10/h3-4,7,10,13H,1-2,5-6,9H2,(H,17,19). The predicted molar refractivity (Wildman–Crippen MR) is 72.1 cm³/mol. The average molecular weight is 272 g/mol. The molecule has 2 aliphatic rings. The number of hydrogen-bond donors (Lipinski definition) is 1. The van der Waals surface area contributed by atoms with Crippen LogP contribution in [0, 0.1) is 11.3 Å². The highest BCUT2D eigenvalue weighted by Crippen LogP contribution is 2.21. The first kappa shape index (κ1) is 12.9. The molecule has 1 N–H and O–H groups in total. The van der Waals surface area contributed by atoms with E-state index in [9.17, 15) is 4.79 Å². The summed E-state index contributed by atoms with van der Waals surface area (Å²) >= 11 is 0. The number of carbonyl (C=O) groups is 1. The van der Waals surface area contributed by atoms with E-state index < -0.39 is 6.10 Å². The Balaban J connectivity index is 1.67. The summed E-state index contributed by atoms with van der Waals surface area (Å²) in [7, 11) is 0. The van der Waals surface area contributed by atoms with Gasteiger partial charge in [0.2, 0.25) is 0 Å². The number of morpholine rings is 1. The van der Waals surface area contributed by atoms with E-state index in [2.05, 4.69) is 15.2 Å². The Kier molecular flexibility index (Phi) is 3.52. The van der Waals surface area contributed by atoms with Crippen molar-refractivity contribution in [3.63, 3.8) is 0 Å². The molecule has 6 heteroatoms. The summed E-state index contributed by atoms with van der Waals surface area (Å²) in [5.41, 5.74) is 1.29. The van der Waals surface area contributed by atoms with Crippen molar-refractivity contribution in [2.45, 2.75) is 25.0 Å². The second-order valence-electron chi connectivity index (χ2n) is 5.10. The second-order valence-corrected chi connectivity index (χ2v) is 5.10. The summed E-state index contributed by atoms with van der Waals surface area (Å²) in [5, 5.41) is 11.8. The van der Waals surface area contributed by atoms with Crippen molar-refractivity contribution < 1.29 is 9.53 Å². The van der Waals surface area contributed by atoms with Crippen molar-refractivity contribution >= 4 is 11.6 Å². The van der Waals surface area contributed by atoms with Crippen LogP contribution >= 0.6 is 0 Å². The lowest BCUT2D eigenvalue weighted by molar-refractivity contribution is -0.133. The molecule has 1 saturated carbocycles. The summed E-state index contributed by atoms with van der Waals surface area (Å²) in [6, 6.07) is 5.95. The number of carbonyl (C=O) groups excluding carboxylic acids is 1. The Bertz CT molecular complexity index is 550. The molecule has 1 unspecified atom stereocenters. The number of ether oxygens (including phenoxy) is 1. The fourth-order valence-corrected chi connectivity index (χ4v) is 2.24. The number of nitrogens with one attached hydrogen (secondary N) is 1. The van der Waals surface area contributed by atoms with Crippen LogP contribution in [0.15, 0.2) is 18.3 Å². The lowest BCUT2D eigenvalue weighted by atomic mass is 10.2. The van der Waals surface area contributed by atoms with Gasteiger partial charge in [-0.05, 0) is 25.0 Å². The third-order valence-electron chi connectivity index (χ3n) is 3.51. The van der Waals surface area contributed by atoms with Gasteiger partial charge in [-0.25, -0.2) is 4.98 Å². The Hall–Kier alpha value is -2.13. The minimum Gasteiger partial charge on any atom is -0.366 e. The van der Waals surface area contributed by atoms with Crippen LogP contribution in [0.25, 0.3) is 0 Å². The molecule has 1 atom stereocenters. The van der Waals surface area contributed by atoms with Gasteiger partial charge in [0, 0.05) is 24.5 Å². The zero-order valence-corrected chi connectivity index (χ0v) is 11.1. The molecule has 0 spiro atoms. The van der Waals surface area contributed by atoms with Gasteiger partial charge in [-0.3, -0.25) is 4.79 Å². The normalized spacial score (nSPS) is 22.1. The maximum atomic E-state index is 12.0. The third-order valence-corrected chi connectivity index (χ3v) is 3.51. The first-order chi connectivity index (χ1) is 9.76. The van der Waals surface area contributed by atoms with E-state index in [1.807, 2.05) is 12.1 Å². The number of pyridine rings is 1. The summed E-state index contributed by atoms with van der Waals surface area (Å²) in [4.78, 5) is 18.0. The van der Waals surface area contributed by atoms with Gasteiger partial charge in [-0.15, -0.1) is 0 Å². The number of hydrogen-bond acceptors (Lipinski definition) is 5. The molecule has 1 saturated heterocycles. The molecule has 0 aromatic carbocycles. The van der Waals surface area contributed by atoms with Crippen LogP contribution in [0.3, 0.4) is 0 Å². The SMILES string of the molecule is N#Cc1cc(N2CCOC(C(=O)NC3CC3)C2)ccn1. The van der Waals surface area contributed by atoms with Gasteiger partial charge in [0.15, 0.2) is 6.10 Å². The maximum Gasteiger partial charge on any atom is 0.251 e. The van der Waals surface area contributed by atoms with E-state index in [0.717, 1.165) is 18.5 Å². The number of aromatic nitrogens is 1. The van der Waals surface area contributed by atoms with Crippen LogP contribution in [0.5, 0.6) is 0 Å². The Morgan fingerprint density at radius 1 is 1.55 bits per heavy atom. The number of nitrogens with zero attached hydrogens (tertiary/aromatic N) is 3. The minimum atomic E-state index is -0.442. The molecule has 104 valence electrons. The van der Waals surface area contributed by atoms with Gasteiger partial charge in [-0.2, -0.15) is 5.26 Å². The van der Waals surface area contributed by atoms with Crippen LogP contribution in [-0.2, 0) is 9.53 Å². The van der Waals surface area contributed by atoms with Gasteiger partial charge in [0.25, 0.3) is 5.91 Å². The van der Waals surface area contributed by atoms with Crippen LogP contribution in [0.4, 0.5) is 5.69 Å². The van der Waals surface area contributed by atoms with E-state index in [4.69, 9.17) is 10.00 Å². The minimum absolute atomic E-state index is 0.0354. The van der Waals surface area contributed by atoms with Gasteiger partial charge < -0.3 is 15.0 Å². The van der Waals surface area contributed by atoms with E-state index >= 15 is 0 Å². The zero-order chi connectivity index (χ0) is 13.9. The van der Waals surface area contributed by atoms with E-state index in [0.29, 0.717) is 31.4 Å². The van der Waals surface area contributed by atoms with Gasteiger partial charge >= 0.3 is 0 Å². The average Bonchev–Trinajstić information content (AvgIpc) is 3.31. The number of nitriles is 1. The van der Waals surface area contributed by atoms with Crippen molar-refractivity contribution in [3.05, 3.63) is 24.0 Å². The smallest absolute Gasteiger partial charge is 0.251 e. The highest BCUT2D eigenvalue weighted by atomic mass is 16.5. The zero-order valence-electron chi connectivity index (χ0n) is 11.1. The largest absolute Gasteiger partial charge is 0.366 e. The van der Waals surface area contributed by atoms with Crippen LogP contribution in [0.1, 0.15) is 18.5 Å². The fourth-order valence-electron chi connectivity index (χ4n) is 2.24. The first-order valence-corrected chi connectivity index (χ1v) is 6.79. The molecule has 1 aliphatic heterocycles. The monoisotopic (exact) mass is 272 g/mol. The maximum absolute atomic E-state index is 12.0. The molecule has 2 heterocycles. The molecule has 1 amide bonds. The molecule has 1 aliphatic carbocycles. The Morgan fingerprint density at radius 3 is 3.15 bits per heavy atom. The second kappa shape index (κ2) is 5.47. The van der Waals surface area contributed by atoms with Crippen molar-refractivity contribution in [2.75, 3.05) is 24.6 Å². The molecule has 6 nitrogen and oxygen atoms in total. The van der Waals surface area contributed by atoms with Crippen molar-refractivity contribution in [1.29, 1.82) is 5.26 Å². The summed E-state index contributed by atoms with van der Waals surface area (Å²) in [5.74, 6) is -0.0354. The summed E-state index contributed by atoms with van der Waals surface area (Å²) in [6.07, 6.45) is 3.31. The van der Waals surface area contributed by atoms with Gasteiger partial charge in [0.1, 0.15) is 11.8 Å². The summed E-state index contributed by atoms with van der Waals surface area (Å²) in [6.45, 7) is 1.72. The van der Waals surface area contributed by atoms with Crippen LogP contribution in [-0.4, -0.2) is 42.7 Å². The van der Waals surface area contributed by atoms with Gasteiger partial charge in [-0.1, -0.05) is 0 Å². The lowest BCUT2D eigenvalue weighted by Gasteiger charge is -2.33. The number of rotatable bonds is 3. The van der Waals surface area contributed by atoms with E-state index in [-0.39, 0.29) is 5.91 Å². The number of anilines is 1. The molecule has 1 aromatic rings. The lowest BCUT2D eigenvalue weighted by Crippen LogP contribution is -2.50. The van der Waals surface area contributed by atoms with Crippen molar-refractivity contribution in [2.24, 2.45) is 0 Å². The molecule has 2 fully saturated rings. The Morgan fingerprint density at radius 2 is 2.40 bits per heavy atom. The van der Waals surface area contributed by atoms with Crippen LogP contribution < -0.4 is 10.2 Å². The highest BCUT2D eigenvalue weighted by Gasteiger charge is 2.31. The van der Waals surface area contributed by atoms with Crippen molar-refractivity contribution in [3.8, 4) is 6.07 Å². The quantitative estimate of drug-likeness (QED) is 0.863. The van der Waals surface area contributed by atoms with E-state index in [1.54, 1.807) is 12.3 Å². The van der Waals surface area contributed by atoms with Crippen LogP contribution in [0.2, 0.25) is 0 Å². The molecule has 20 heavy (non-hydrogen) atoms. The molecular weight excluding hydrogens is 256 g/mol. The fraction of sp³-hybridized carbons (Fsp3) is 0.500. The third kappa shape index (κ3) is 2.89. The highest BCUT2D eigenvalue weighted by molar-refractivity contribution is 5.82. The predicted octanol–water partition coefficient (Wildman–Crippen LogP) is 0.437. The van der Waals surface area contributed by atoms with Crippen molar-refractivity contribution in [1.82, 2.24) is 10.3 Å². The molecule has 3 rings (SSSR count). The first-order valence-electron chi connectivity index (χ1n) is 6.79.